The second-order valence-corrected chi connectivity index (χ2v) is 5.52. The molecule has 0 fully saturated rings. The van der Waals surface area contributed by atoms with E-state index in [1.165, 1.54) is 11.1 Å². The maximum atomic E-state index is 9.93. The molecule has 2 rings (SSSR count). The van der Waals surface area contributed by atoms with Crippen LogP contribution in [0.25, 0.3) is 0 Å². The minimum atomic E-state index is -0.391. The van der Waals surface area contributed by atoms with Gasteiger partial charge >= 0.3 is 0 Å². The molecular formula is C15H23NO2. The number of aliphatic hydroxyl groups excluding tert-OH is 1. The van der Waals surface area contributed by atoms with Crippen LogP contribution in [-0.2, 0) is 17.8 Å². The Morgan fingerprint density at radius 1 is 1.17 bits per heavy atom. The zero-order valence-corrected chi connectivity index (χ0v) is 11.3. The smallest absolute Gasteiger partial charge is 0.0900 e. The van der Waals surface area contributed by atoms with Gasteiger partial charge in [0.05, 0.1) is 12.7 Å². The molecule has 0 saturated heterocycles. The quantitative estimate of drug-likeness (QED) is 0.837. The van der Waals surface area contributed by atoms with Gasteiger partial charge in [-0.2, -0.15) is 0 Å². The van der Waals surface area contributed by atoms with Crippen LogP contribution in [0.2, 0.25) is 0 Å². The third kappa shape index (κ3) is 3.80. The Morgan fingerprint density at radius 3 is 2.33 bits per heavy atom. The first-order valence-corrected chi connectivity index (χ1v) is 6.70. The molecule has 1 atom stereocenters. The standard InChI is InChI=1S/C15H23NO2/c1-12(2)10-18-11-15(17)9-16-7-13-5-3-4-6-14(13)8-16/h3-6,12,15,17H,7-11H2,1-2H3. The van der Waals surface area contributed by atoms with Crippen LogP contribution in [0.5, 0.6) is 0 Å². The minimum absolute atomic E-state index is 0.391. The molecule has 1 aliphatic rings. The molecule has 0 spiro atoms. The molecule has 100 valence electrons. The topological polar surface area (TPSA) is 32.7 Å². The van der Waals surface area contributed by atoms with Crippen LogP contribution in [-0.4, -0.2) is 35.9 Å². The van der Waals surface area contributed by atoms with E-state index in [4.69, 9.17) is 4.74 Å². The molecule has 1 aromatic carbocycles. The summed E-state index contributed by atoms with van der Waals surface area (Å²) in [5.74, 6) is 0.522. The van der Waals surface area contributed by atoms with Gasteiger partial charge in [0.25, 0.3) is 0 Å². The second-order valence-electron chi connectivity index (χ2n) is 5.52. The largest absolute Gasteiger partial charge is 0.389 e. The van der Waals surface area contributed by atoms with Gasteiger partial charge in [0.15, 0.2) is 0 Å². The molecule has 1 aromatic rings. The van der Waals surface area contributed by atoms with Crippen molar-refractivity contribution in [1.29, 1.82) is 0 Å². The van der Waals surface area contributed by atoms with Gasteiger partial charge in [-0.05, 0) is 17.0 Å². The summed E-state index contributed by atoms with van der Waals surface area (Å²) >= 11 is 0. The first-order valence-electron chi connectivity index (χ1n) is 6.70. The molecule has 0 radical (unpaired) electrons. The highest BCUT2D eigenvalue weighted by Crippen LogP contribution is 2.22. The fourth-order valence-electron chi connectivity index (χ4n) is 2.32. The summed E-state index contributed by atoms with van der Waals surface area (Å²) in [5.41, 5.74) is 2.76. The van der Waals surface area contributed by atoms with E-state index < -0.39 is 6.10 Å². The number of fused-ring (bicyclic) bond motifs is 1. The zero-order valence-electron chi connectivity index (χ0n) is 11.3. The van der Waals surface area contributed by atoms with Crippen molar-refractivity contribution in [2.75, 3.05) is 19.8 Å². The Balaban J connectivity index is 1.72. The molecule has 0 amide bonds. The van der Waals surface area contributed by atoms with E-state index in [-0.39, 0.29) is 0 Å². The Kier molecular flexibility index (Phi) is 4.75. The fourth-order valence-corrected chi connectivity index (χ4v) is 2.32. The average Bonchev–Trinajstić information content (AvgIpc) is 2.70. The SMILES string of the molecule is CC(C)COCC(O)CN1Cc2ccccc2C1. The molecule has 3 heteroatoms. The lowest BCUT2D eigenvalue weighted by Crippen LogP contribution is -2.31. The predicted octanol–water partition coefficient (Wildman–Crippen LogP) is 2.04. The molecule has 1 unspecified atom stereocenters. The molecule has 0 aromatic heterocycles. The first-order chi connectivity index (χ1) is 8.65. The van der Waals surface area contributed by atoms with Gasteiger partial charge in [-0.25, -0.2) is 0 Å². The Morgan fingerprint density at radius 2 is 1.78 bits per heavy atom. The van der Waals surface area contributed by atoms with Crippen molar-refractivity contribution in [1.82, 2.24) is 4.90 Å². The molecule has 1 N–H and O–H groups in total. The van der Waals surface area contributed by atoms with Crippen LogP contribution in [0.1, 0.15) is 25.0 Å². The number of β-amino-alcohol motifs (C(OH)–C–C–N with tert-alkyl or cyclic N) is 1. The number of nitrogens with zero attached hydrogens (tertiary/aromatic N) is 1. The van der Waals surface area contributed by atoms with E-state index in [1.807, 2.05) is 0 Å². The summed E-state index contributed by atoms with van der Waals surface area (Å²) in [7, 11) is 0. The monoisotopic (exact) mass is 249 g/mol. The van der Waals surface area contributed by atoms with Crippen molar-refractivity contribution in [2.24, 2.45) is 5.92 Å². The van der Waals surface area contributed by atoms with E-state index in [1.54, 1.807) is 0 Å². The van der Waals surface area contributed by atoms with Gasteiger partial charge in [-0.15, -0.1) is 0 Å². The Hall–Kier alpha value is -0.900. The molecule has 0 saturated carbocycles. The van der Waals surface area contributed by atoms with Gasteiger partial charge in [0, 0.05) is 26.2 Å². The molecular weight excluding hydrogens is 226 g/mol. The fraction of sp³-hybridized carbons (Fsp3) is 0.600. The lowest BCUT2D eigenvalue weighted by atomic mass is 10.1. The number of benzene rings is 1. The molecule has 3 nitrogen and oxygen atoms in total. The summed E-state index contributed by atoms with van der Waals surface area (Å²) in [6.45, 7) is 7.96. The van der Waals surface area contributed by atoms with Crippen molar-refractivity contribution < 1.29 is 9.84 Å². The van der Waals surface area contributed by atoms with Gasteiger partial charge < -0.3 is 9.84 Å². The van der Waals surface area contributed by atoms with Crippen LogP contribution in [0, 0.1) is 5.92 Å². The summed E-state index contributed by atoms with van der Waals surface area (Å²) in [4.78, 5) is 2.27. The number of ether oxygens (including phenoxy) is 1. The van der Waals surface area contributed by atoms with Crippen molar-refractivity contribution in [3.05, 3.63) is 35.4 Å². The van der Waals surface area contributed by atoms with Gasteiger partial charge in [-0.1, -0.05) is 38.1 Å². The lowest BCUT2D eigenvalue weighted by Gasteiger charge is -2.19. The summed E-state index contributed by atoms with van der Waals surface area (Å²) in [5, 5.41) is 9.93. The van der Waals surface area contributed by atoms with Crippen LogP contribution in [0.15, 0.2) is 24.3 Å². The van der Waals surface area contributed by atoms with Gasteiger partial charge in [0.1, 0.15) is 0 Å². The van der Waals surface area contributed by atoms with Crippen LogP contribution < -0.4 is 0 Å². The van der Waals surface area contributed by atoms with Crippen LogP contribution in [0.3, 0.4) is 0 Å². The van der Waals surface area contributed by atoms with E-state index in [0.717, 1.165) is 19.7 Å². The Labute approximate surface area is 109 Å². The van der Waals surface area contributed by atoms with Gasteiger partial charge in [-0.3, -0.25) is 4.90 Å². The number of aliphatic hydroxyl groups is 1. The highest BCUT2D eigenvalue weighted by molar-refractivity contribution is 5.30. The van der Waals surface area contributed by atoms with Crippen LogP contribution in [0.4, 0.5) is 0 Å². The van der Waals surface area contributed by atoms with Crippen molar-refractivity contribution in [2.45, 2.75) is 33.0 Å². The molecule has 18 heavy (non-hydrogen) atoms. The van der Waals surface area contributed by atoms with Gasteiger partial charge in [0.2, 0.25) is 0 Å². The summed E-state index contributed by atoms with van der Waals surface area (Å²) in [6.07, 6.45) is -0.391. The molecule has 0 aliphatic carbocycles. The predicted molar refractivity (Wildman–Crippen MR) is 72.2 cm³/mol. The van der Waals surface area contributed by atoms with Crippen molar-refractivity contribution >= 4 is 0 Å². The van der Waals surface area contributed by atoms with E-state index >= 15 is 0 Å². The third-order valence-electron chi connectivity index (χ3n) is 3.14. The summed E-state index contributed by atoms with van der Waals surface area (Å²) < 4.78 is 5.47. The second kappa shape index (κ2) is 6.32. The van der Waals surface area contributed by atoms with E-state index in [0.29, 0.717) is 19.1 Å². The highest BCUT2D eigenvalue weighted by Gasteiger charge is 2.20. The number of hydrogen-bond acceptors (Lipinski definition) is 3. The Bertz CT molecular complexity index is 354. The average molecular weight is 249 g/mol. The molecule has 1 aliphatic heterocycles. The number of hydrogen-bond donors (Lipinski definition) is 1. The maximum absolute atomic E-state index is 9.93. The van der Waals surface area contributed by atoms with Crippen molar-refractivity contribution in [3.8, 4) is 0 Å². The lowest BCUT2D eigenvalue weighted by molar-refractivity contribution is 0.00753. The zero-order chi connectivity index (χ0) is 13.0. The van der Waals surface area contributed by atoms with Crippen LogP contribution >= 0.6 is 0 Å². The van der Waals surface area contributed by atoms with E-state index in [2.05, 4.69) is 43.0 Å². The minimum Gasteiger partial charge on any atom is -0.389 e. The molecule has 0 bridgehead atoms. The molecule has 1 heterocycles. The van der Waals surface area contributed by atoms with Crippen molar-refractivity contribution in [3.63, 3.8) is 0 Å². The third-order valence-corrected chi connectivity index (χ3v) is 3.14. The number of rotatable bonds is 6. The maximum Gasteiger partial charge on any atom is 0.0900 e. The van der Waals surface area contributed by atoms with E-state index in [9.17, 15) is 5.11 Å². The summed E-state index contributed by atoms with van der Waals surface area (Å²) in [6, 6.07) is 8.48. The first kappa shape index (κ1) is 13.5. The highest BCUT2D eigenvalue weighted by atomic mass is 16.5. The normalized spacial score (nSPS) is 17.1.